The number of fused-ring (bicyclic) bond motifs is 1. The van der Waals surface area contributed by atoms with E-state index in [2.05, 4.69) is 26.6 Å². The quantitative estimate of drug-likeness (QED) is 0.836. The SMILES string of the molecule is CC1CCCO1.CNS(=O)(=O)c1ccc(CC2(C)N=c3ccncc3=N2)cc1. The lowest BCUT2D eigenvalue weighted by atomic mass is 10.0. The largest absolute Gasteiger partial charge is 0.379 e. The molecule has 150 valence electrons. The summed E-state index contributed by atoms with van der Waals surface area (Å²) in [7, 11) is -2.01. The molecule has 0 amide bonds. The molecule has 8 heteroatoms. The van der Waals surface area contributed by atoms with Gasteiger partial charge in [-0.1, -0.05) is 12.1 Å². The van der Waals surface area contributed by atoms with Gasteiger partial charge in [0.2, 0.25) is 10.0 Å². The smallest absolute Gasteiger partial charge is 0.240 e. The highest BCUT2D eigenvalue weighted by molar-refractivity contribution is 7.89. The maximum atomic E-state index is 11.7. The second-order valence-corrected chi connectivity index (χ2v) is 9.04. The first-order valence-corrected chi connectivity index (χ1v) is 10.8. The van der Waals surface area contributed by atoms with Crippen molar-refractivity contribution in [2.45, 2.75) is 49.8 Å². The lowest BCUT2D eigenvalue weighted by Crippen LogP contribution is -2.22. The number of sulfonamides is 1. The van der Waals surface area contributed by atoms with Crippen LogP contribution in [0.3, 0.4) is 0 Å². The molecule has 1 fully saturated rings. The number of hydrogen-bond donors (Lipinski definition) is 1. The summed E-state index contributed by atoms with van der Waals surface area (Å²) in [6.07, 6.45) is 7.07. The van der Waals surface area contributed by atoms with Crippen LogP contribution in [0, 0.1) is 0 Å². The summed E-state index contributed by atoms with van der Waals surface area (Å²) >= 11 is 0. The lowest BCUT2D eigenvalue weighted by molar-refractivity contribution is 0.125. The third kappa shape index (κ3) is 5.01. The van der Waals surface area contributed by atoms with E-state index in [0.29, 0.717) is 12.5 Å². The van der Waals surface area contributed by atoms with Gasteiger partial charge in [-0.15, -0.1) is 0 Å². The van der Waals surface area contributed by atoms with Gasteiger partial charge >= 0.3 is 0 Å². The molecule has 0 radical (unpaired) electrons. The monoisotopic (exact) mass is 402 g/mol. The minimum atomic E-state index is -3.41. The normalized spacial score (nSPS) is 23.2. The number of benzene rings is 1. The van der Waals surface area contributed by atoms with E-state index in [1.54, 1.807) is 36.7 Å². The molecule has 1 N–H and O–H groups in total. The van der Waals surface area contributed by atoms with Gasteiger partial charge in [0.15, 0.2) is 5.66 Å². The van der Waals surface area contributed by atoms with Crippen LogP contribution in [-0.4, -0.2) is 38.8 Å². The predicted octanol–water partition coefficient (Wildman–Crippen LogP) is 1.39. The Morgan fingerprint density at radius 3 is 2.43 bits per heavy atom. The van der Waals surface area contributed by atoms with Crippen molar-refractivity contribution in [3.8, 4) is 0 Å². The molecule has 1 aromatic carbocycles. The van der Waals surface area contributed by atoms with Crippen molar-refractivity contribution in [3.05, 3.63) is 59.0 Å². The first-order valence-electron chi connectivity index (χ1n) is 9.35. The molecule has 2 unspecified atom stereocenters. The Labute approximate surface area is 165 Å². The average Bonchev–Trinajstić information content (AvgIpc) is 3.28. The summed E-state index contributed by atoms with van der Waals surface area (Å²) in [5, 5.41) is 1.63. The van der Waals surface area contributed by atoms with Crippen LogP contribution in [0.2, 0.25) is 0 Å². The molecule has 0 aliphatic carbocycles. The molecular formula is C20H26N4O3S. The topological polar surface area (TPSA) is 93.0 Å². The second-order valence-electron chi connectivity index (χ2n) is 7.16. The number of ether oxygens (including phenoxy) is 1. The van der Waals surface area contributed by atoms with Crippen molar-refractivity contribution in [2.75, 3.05) is 13.7 Å². The molecule has 3 heterocycles. The van der Waals surface area contributed by atoms with Crippen LogP contribution in [0.25, 0.3) is 0 Å². The number of hydrogen-bond acceptors (Lipinski definition) is 6. The Bertz CT molecular complexity index is 995. The molecule has 4 rings (SSSR count). The summed E-state index contributed by atoms with van der Waals surface area (Å²) < 4.78 is 30.9. The van der Waals surface area contributed by atoms with Crippen molar-refractivity contribution in [3.63, 3.8) is 0 Å². The summed E-state index contributed by atoms with van der Waals surface area (Å²) in [5.74, 6) is 0. The zero-order valence-electron chi connectivity index (χ0n) is 16.4. The van der Waals surface area contributed by atoms with E-state index >= 15 is 0 Å². The molecule has 0 bridgehead atoms. The van der Waals surface area contributed by atoms with E-state index in [9.17, 15) is 8.42 Å². The molecule has 2 aromatic rings. The predicted molar refractivity (Wildman–Crippen MR) is 106 cm³/mol. The Morgan fingerprint density at radius 1 is 1.18 bits per heavy atom. The van der Waals surface area contributed by atoms with Crippen LogP contribution in [0.1, 0.15) is 32.3 Å². The van der Waals surface area contributed by atoms with Crippen molar-refractivity contribution in [2.24, 2.45) is 9.98 Å². The van der Waals surface area contributed by atoms with Crippen molar-refractivity contribution < 1.29 is 13.2 Å². The Hall–Kier alpha value is -2.16. The van der Waals surface area contributed by atoms with Gasteiger partial charge in [0, 0.05) is 19.2 Å². The van der Waals surface area contributed by atoms with Gasteiger partial charge in [-0.2, -0.15) is 0 Å². The highest BCUT2D eigenvalue weighted by Crippen LogP contribution is 2.21. The van der Waals surface area contributed by atoms with Crippen LogP contribution in [0.4, 0.5) is 0 Å². The summed E-state index contributed by atoms with van der Waals surface area (Å²) in [6.45, 7) is 5.05. The fourth-order valence-corrected chi connectivity index (χ4v) is 3.94. The molecular weight excluding hydrogens is 376 g/mol. The lowest BCUT2D eigenvalue weighted by Gasteiger charge is -2.17. The number of nitrogens with one attached hydrogen (secondary N) is 1. The van der Waals surface area contributed by atoms with Gasteiger partial charge in [-0.3, -0.25) is 15.0 Å². The summed E-state index contributed by atoms with van der Waals surface area (Å²) in [4.78, 5) is 13.5. The maximum absolute atomic E-state index is 11.7. The van der Waals surface area contributed by atoms with Gasteiger partial charge in [-0.05, 0) is 57.5 Å². The van der Waals surface area contributed by atoms with Crippen LogP contribution >= 0.6 is 0 Å². The molecule has 0 spiro atoms. The Morgan fingerprint density at radius 2 is 1.89 bits per heavy atom. The number of aromatic nitrogens is 1. The number of pyridine rings is 1. The standard InChI is InChI=1S/C15H16N4O2S.C5H10O/c1-15(18-13-7-8-17-10-14(13)19-15)9-11-3-5-12(6-4-11)22(20,21)16-2;1-5-3-2-4-6-5/h3-8,10,16H,9H2,1-2H3;5H,2-4H2,1H3. The molecule has 2 aliphatic rings. The summed E-state index contributed by atoms with van der Waals surface area (Å²) in [6, 6.07) is 8.61. The summed E-state index contributed by atoms with van der Waals surface area (Å²) in [5.41, 5.74) is 0.403. The molecule has 7 nitrogen and oxygen atoms in total. The van der Waals surface area contributed by atoms with Gasteiger partial charge in [-0.25, -0.2) is 13.1 Å². The van der Waals surface area contributed by atoms with Gasteiger partial charge in [0.25, 0.3) is 0 Å². The fourth-order valence-electron chi connectivity index (χ4n) is 3.21. The number of nitrogens with zero attached hydrogens (tertiary/aromatic N) is 3. The first-order chi connectivity index (χ1) is 13.3. The van der Waals surface area contributed by atoms with Crippen molar-refractivity contribution in [1.29, 1.82) is 0 Å². The molecule has 2 atom stereocenters. The molecule has 1 saturated heterocycles. The van der Waals surface area contributed by atoms with Crippen LogP contribution < -0.4 is 15.4 Å². The average molecular weight is 403 g/mol. The molecule has 1 aromatic heterocycles. The zero-order chi connectivity index (χ0) is 20.2. The molecule has 28 heavy (non-hydrogen) atoms. The van der Waals surface area contributed by atoms with Gasteiger partial charge in [0.1, 0.15) is 5.36 Å². The van der Waals surface area contributed by atoms with E-state index in [4.69, 9.17) is 4.74 Å². The van der Waals surface area contributed by atoms with E-state index in [1.165, 1.54) is 19.9 Å². The van der Waals surface area contributed by atoms with E-state index < -0.39 is 15.7 Å². The van der Waals surface area contributed by atoms with Crippen LogP contribution in [0.5, 0.6) is 0 Å². The Kier molecular flexibility index (Phi) is 6.22. The van der Waals surface area contributed by atoms with Crippen LogP contribution in [0.15, 0.2) is 57.6 Å². The van der Waals surface area contributed by atoms with Crippen molar-refractivity contribution >= 4 is 10.0 Å². The molecule has 2 aliphatic heterocycles. The Balaban J connectivity index is 0.000000320. The van der Waals surface area contributed by atoms with Gasteiger partial charge in [0.05, 0.1) is 22.6 Å². The maximum Gasteiger partial charge on any atom is 0.240 e. The third-order valence-corrected chi connectivity index (χ3v) is 6.13. The highest BCUT2D eigenvalue weighted by Gasteiger charge is 2.25. The highest BCUT2D eigenvalue weighted by atomic mass is 32.2. The zero-order valence-corrected chi connectivity index (χ0v) is 17.2. The fraction of sp³-hybridized carbons (Fsp3) is 0.450. The molecule has 0 saturated carbocycles. The third-order valence-electron chi connectivity index (χ3n) is 4.70. The van der Waals surface area contributed by atoms with E-state index in [1.807, 2.05) is 13.0 Å². The van der Waals surface area contributed by atoms with E-state index in [-0.39, 0.29) is 4.90 Å². The minimum Gasteiger partial charge on any atom is -0.379 e. The van der Waals surface area contributed by atoms with Gasteiger partial charge < -0.3 is 4.74 Å². The van der Waals surface area contributed by atoms with E-state index in [0.717, 1.165) is 22.9 Å². The van der Waals surface area contributed by atoms with Crippen molar-refractivity contribution in [1.82, 2.24) is 9.71 Å². The van der Waals surface area contributed by atoms with Crippen LogP contribution in [-0.2, 0) is 21.2 Å². The number of rotatable bonds is 4. The first kappa shape index (κ1) is 20.6. The minimum absolute atomic E-state index is 0.247. The second kappa shape index (κ2) is 8.46.